The SMILES string of the molecule is C[C@@H]1c2c(-c3noc(C4(C)CC4)n3)ncn2-c2ccc(F)cc2N1Cc1ccccn1. The van der Waals surface area contributed by atoms with Gasteiger partial charge in [-0.3, -0.25) is 9.55 Å². The van der Waals surface area contributed by atoms with E-state index in [9.17, 15) is 4.39 Å². The maximum absolute atomic E-state index is 14.2. The molecule has 1 atom stereocenters. The Hall–Kier alpha value is -3.55. The number of hydrogen-bond donors (Lipinski definition) is 0. The second-order valence-electron chi connectivity index (χ2n) is 8.59. The smallest absolute Gasteiger partial charge is 0.232 e. The molecule has 2 aliphatic rings. The number of rotatable bonds is 4. The molecular weight excluding hydrogens is 395 g/mol. The summed E-state index contributed by atoms with van der Waals surface area (Å²) in [6.45, 7) is 4.75. The molecule has 4 heterocycles. The zero-order valence-electron chi connectivity index (χ0n) is 17.3. The van der Waals surface area contributed by atoms with Crippen molar-refractivity contribution in [1.29, 1.82) is 0 Å². The Labute approximate surface area is 178 Å². The van der Waals surface area contributed by atoms with Crippen molar-refractivity contribution < 1.29 is 8.91 Å². The molecule has 0 saturated heterocycles. The molecule has 156 valence electrons. The maximum Gasteiger partial charge on any atom is 0.232 e. The highest BCUT2D eigenvalue weighted by Crippen LogP contribution is 2.48. The third-order valence-electron chi connectivity index (χ3n) is 6.39. The molecule has 1 saturated carbocycles. The summed E-state index contributed by atoms with van der Waals surface area (Å²) in [4.78, 5) is 15.9. The minimum atomic E-state index is -0.277. The van der Waals surface area contributed by atoms with Crippen LogP contribution in [0.25, 0.3) is 17.2 Å². The number of pyridine rings is 1. The zero-order chi connectivity index (χ0) is 21.2. The van der Waals surface area contributed by atoms with E-state index in [0.717, 1.165) is 35.6 Å². The van der Waals surface area contributed by atoms with Crippen molar-refractivity contribution in [3.05, 3.63) is 72.0 Å². The van der Waals surface area contributed by atoms with Crippen LogP contribution in [0, 0.1) is 5.82 Å². The summed E-state index contributed by atoms with van der Waals surface area (Å²) in [5.74, 6) is 0.883. The molecule has 0 bridgehead atoms. The van der Waals surface area contributed by atoms with Gasteiger partial charge in [-0.05, 0) is 50.1 Å². The van der Waals surface area contributed by atoms with Gasteiger partial charge in [-0.15, -0.1) is 0 Å². The summed E-state index contributed by atoms with van der Waals surface area (Å²) in [6, 6.07) is 10.5. The second kappa shape index (κ2) is 6.47. The Kier molecular flexibility index (Phi) is 3.81. The van der Waals surface area contributed by atoms with Crippen LogP contribution in [0.4, 0.5) is 10.1 Å². The van der Waals surface area contributed by atoms with Gasteiger partial charge in [0.1, 0.15) is 17.8 Å². The molecule has 1 fully saturated rings. The van der Waals surface area contributed by atoms with Crippen molar-refractivity contribution in [2.24, 2.45) is 0 Å². The standard InChI is InChI=1S/C23H21FN6O/c1-14-20-19(21-27-22(31-28-21)23(2)8-9-23)26-13-30(20)17-7-6-15(24)11-18(17)29(14)12-16-5-3-4-10-25-16/h3-7,10-11,13-14H,8-9,12H2,1-2H3/t14-/m1/s1. The molecule has 1 aliphatic carbocycles. The van der Waals surface area contributed by atoms with Gasteiger partial charge in [0.25, 0.3) is 0 Å². The molecule has 0 spiro atoms. The van der Waals surface area contributed by atoms with Crippen LogP contribution in [0.3, 0.4) is 0 Å². The summed E-state index contributed by atoms with van der Waals surface area (Å²) in [5.41, 5.74) is 4.20. The molecule has 0 N–H and O–H groups in total. The fourth-order valence-electron chi connectivity index (χ4n) is 4.26. The van der Waals surface area contributed by atoms with E-state index in [1.54, 1.807) is 24.7 Å². The van der Waals surface area contributed by atoms with Gasteiger partial charge in [-0.1, -0.05) is 18.1 Å². The number of imidazole rings is 1. The van der Waals surface area contributed by atoms with Crippen LogP contribution in [-0.4, -0.2) is 24.7 Å². The molecule has 1 aliphatic heterocycles. The van der Waals surface area contributed by atoms with E-state index >= 15 is 0 Å². The van der Waals surface area contributed by atoms with Crippen LogP contribution >= 0.6 is 0 Å². The first-order chi connectivity index (χ1) is 15.0. The van der Waals surface area contributed by atoms with Gasteiger partial charge in [-0.25, -0.2) is 9.37 Å². The van der Waals surface area contributed by atoms with E-state index < -0.39 is 0 Å². The van der Waals surface area contributed by atoms with Gasteiger partial charge >= 0.3 is 0 Å². The first-order valence-electron chi connectivity index (χ1n) is 10.4. The van der Waals surface area contributed by atoms with E-state index in [1.165, 1.54) is 6.07 Å². The summed E-state index contributed by atoms with van der Waals surface area (Å²) in [6.07, 6.45) is 5.64. The predicted molar refractivity (Wildman–Crippen MR) is 112 cm³/mol. The van der Waals surface area contributed by atoms with E-state index in [0.29, 0.717) is 24.0 Å². The Morgan fingerprint density at radius 2 is 2.03 bits per heavy atom. The molecule has 3 aromatic heterocycles. The molecule has 8 heteroatoms. The fraction of sp³-hybridized carbons (Fsp3) is 0.304. The third kappa shape index (κ3) is 2.85. The molecule has 7 nitrogen and oxygen atoms in total. The minimum absolute atomic E-state index is 0.00813. The molecule has 6 rings (SSSR count). The molecule has 0 radical (unpaired) electrons. The molecule has 0 amide bonds. The number of benzene rings is 1. The van der Waals surface area contributed by atoms with Crippen molar-refractivity contribution in [2.75, 3.05) is 4.90 Å². The number of fused-ring (bicyclic) bond motifs is 3. The largest absolute Gasteiger partial charge is 0.355 e. The topological polar surface area (TPSA) is 72.9 Å². The van der Waals surface area contributed by atoms with Crippen molar-refractivity contribution in [3.63, 3.8) is 0 Å². The predicted octanol–water partition coefficient (Wildman–Crippen LogP) is 4.59. The lowest BCUT2D eigenvalue weighted by Gasteiger charge is -2.37. The molecule has 31 heavy (non-hydrogen) atoms. The number of anilines is 1. The quantitative estimate of drug-likeness (QED) is 0.485. The number of halogens is 1. The molecule has 0 unspecified atom stereocenters. The van der Waals surface area contributed by atoms with Crippen LogP contribution < -0.4 is 4.90 Å². The maximum atomic E-state index is 14.2. The fourth-order valence-corrected chi connectivity index (χ4v) is 4.26. The van der Waals surface area contributed by atoms with Crippen LogP contribution in [0.2, 0.25) is 0 Å². The highest BCUT2D eigenvalue weighted by molar-refractivity contribution is 5.70. The van der Waals surface area contributed by atoms with E-state index in [4.69, 9.17) is 4.52 Å². The Morgan fingerprint density at radius 3 is 2.81 bits per heavy atom. The third-order valence-corrected chi connectivity index (χ3v) is 6.39. The highest BCUT2D eigenvalue weighted by Gasteiger charge is 2.45. The van der Waals surface area contributed by atoms with Crippen LogP contribution in [-0.2, 0) is 12.0 Å². The van der Waals surface area contributed by atoms with Crippen LogP contribution in [0.15, 0.2) is 53.4 Å². The number of nitrogens with zero attached hydrogens (tertiary/aromatic N) is 6. The molecule has 1 aromatic carbocycles. The first-order valence-corrected chi connectivity index (χ1v) is 10.4. The monoisotopic (exact) mass is 416 g/mol. The van der Waals surface area contributed by atoms with Crippen molar-refractivity contribution in [1.82, 2.24) is 24.7 Å². The van der Waals surface area contributed by atoms with Crippen molar-refractivity contribution in [2.45, 2.75) is 44.7 Å². The normalized spacial score (nSPS) is 18.5. The van der Waals surface area contributed by atoms with Crippen LogP contribution in [0.1, 0.15) is 50.0 Å². The summed E-state index contributed by atoms with van der Waals surface area (Å²) in [5, 5.41) is 4.23. The Bertz CT molecular complexity index is 1280. The summed E-state index contributed by atoms with van der Waals surface area (Å²) < 4.78 is 21.8. The van der Waals surface area contributed by atoms with E-state index in [1.807, 2.05) is 22.8 Å². The number of hydrogen-bond acceptors (Lipinski definition) is 6. The Balaban J connectivity index is 1.48. The molecular formula is C23H21FN6O. The minimum Gasteiger partial charge on any atom is -0.355 e. The van der Waals surface area contributed by atoms with E-state index in [2.05, 4.69) is 38.9 Å². The van der Waals surface area contributed by atoms with Gasteiger partial charge in [0, 0.05) is 11.6 Å². The van der Waals surface area contributed by atoms with Gasteiger partial charge in [-0.2, -0.15) is 4.98 Å². The first kappa shape index (κ1) is 18.2. The Morgan fingerprint density at radius 1 is 1.16 bits per heavy atom. The second-order valence-corrected chi connectivity index (χ2v) is 8.59. The summed E-state index contributed by atoms with van der Waals surface area (Å²) >= 11 is 0. The van der Waals surface area contributed by atoms with Gasteiger partial charge < -0.3 is 9.42 Å². The van der Waals surface area contributed by atoms with E-state index in [-0.39, 0.29) is 17.3 Å². The lowest BCUT2D eigenvalue weighted by Crippen LogP contribution is -2.33. The van der Waals surface area contributed by atoms with Crippen molar-refractivity contribution in [3.8, 4) is 17.2 Å². The van der Waals surface area contributed by atoms with Crippen LogP contribution in [0.5, 0.6) is 0 Å². The average molecular weight is 416 g/mol. The zero-order valence-corrected chi connectivity index (χ0v) is 17.3. The lowest BCUT2D eigenvalue weighted by molar-refractivity contribution is 0.353. The van der Waals surface area contributed by atoms with Crippen molar-refractivity contribution >= 4 is 5.69 Å². The number of aromatic nitrogens is 5. The van der Waals surface area contributed by atoms with Gasteiger partial charge in [0.15, 0.2) is 0 Å². The highest BCUT2D eigenvalue weighted by atomic mass is 19.1. The lowest BCUT2D eigenvalue weighted by atomic mass is 10.0. The van der Waals surface area contributed by atoms with Gasteiger partial charge in [0.05, 0.1) is 35.3 Å². The summed E-state index contributed by atoms with van der Waals surface area (Å²) in [7, 11) is 0. The van der Waals surface area contributed by atoms with Gasteiger partial charge in [0.2, 0.25) is 11.7 Å². The molecule has 4 aromatic rings. The average Bonchev–Trinajstić information content (AvgIpc) is 3.18.